The highest BCUT2D eigenvalue weighted by molar-refractivity contribution is 9.10. The molecule has 0 fully saturated rings. The number of carbonyl (C=O) groups is 1. The summed E-state index contributed by atoms with van der Waals surface area (Å²) in [5.41, 5.74) is 5.20. The lowest BCUT2D eigenvalue weighted by atomic mass is 9.68. The second-order valence-electron chi connectivity index (χ2n) is 9.35. The highest BCUT2D eigenvalue weighted by Crippen LogP contribution is 2.53. The van der Waals surface area contributed by atoms with E-state index in [1.54, 1.807) is 0 Å². The lowest BCUT2D eigenvalue weighted by Gasteiger charge is -2.40. The molecule has 2 aliphatic heterocycles. The largest absolute Gasteiger partial charge is 0.454 e. The molecule has 0 saturated heterocycles. The van der Waals surface area contributed by atoms with Crippen molar-refractivity contribution in [3.63, 3.8) is 0 Å². The van der Waals surface area contributed by atoms with Crippen LogP contribution < -0.4 is 14.8 Å². The third-order valence-electron chi connectivity index (χ3n) is 6.54. The number of hydrogen-bond acceptors (Lipinski definition) is 4. The summed E-state index contributed by atoms with van der Waals surface area (Å²) < 4.78 is 12.1. The molecule has 6 rings (SSSR count). The van der Waals surface area contributed by atoms with Crippen molar-refractivity contribution in [2.24, 2.45) is 5.41 Å². The molecule has 5 heteroatoms. The van der Waals surface area contributed by atoms with Crippen LogP contribution in [-0.2, 0) is 4.79 Å². The summed E-state index contributed by atoms with van der Waals surface area (Å²) in [6.07, 6.45) is 1.42. The fourth-order valence-corrected chi connectivity index (χ4v) is 5.78. The van der Waals surface area contributed by atoms with Crippen molar-refractivity contribution in [3.8, 4) is 11.5 Å². The van der Waals surface area contributed by atoms with Crippen LogP contribution in [0, 0.1) is 5.41 Å². The third-order valence-corrected chi connectivity index (χ3v) is 7.23. The number of Topliss-reactive ketones (excluding diaryl/α,β-unsaturated/α-hetero) is 1. The summed E-state index contributed by atoms with van der Waals surface area (Å²) in [5.74, 6) is 1.66. The van der Waals surface area contributed by atoms with Crippen molar-refractivity contribution in [1.29, 1.82) is 0 Å². The van der Waals surface area contributed by atoms with E-state index in [9.17, 15) is 4.79 Å². The average Bonchev–Trinajstić information content (AvgIpc) is 3.18. The third kappa shape index (κ3) is 2.90. The van der Waals surface area contributed by atoms with Gasteiger partial charge in [-0.15, -0.1) is 0 Å². The van der Waals surface area contributed by atoms with Gasteiger partial charge >= 0.3 is 0 Å². The minimum Gasteiger partial charge on any atom is -0.454 e. The molecule has 2 heterocycles. The molecule has 1 atom stereocenters. The lowest BCUT2D eigenvalue weighted by molar-refractivity contribution is -0.118. The summed E-state index contributed by atoms with van der Waals surface area (Å²) in [5, 5.41) is 6.07. The maximum absolute atomic E-state index is 13.5. The Hall–Kier alpha value is -2.79. The number of nitrogens with one attached hydrogen (secondary N) is 1. The zero-order valence-electron chi connectivity index (χ0n) is 17.4. The quantitative estimate of drug-likeness (QED) is 0.428. The van der Waals surface area contributed by atoms with Crippen LogP contribution in [-0.4, -0.2) is 12.6 Å². The average molecular weight is 476 g/mol. The normalized spacial score (nSPS) is 21.0. The highest BCUT2D eigenvalue weighted by Gasteiger charge is 2.41. The molecule has 1 N–H and O–H groups in total. The monoisotopic (exact) mass is 475 g/mol. The first-order valence-corrected chi connectivity index (χ1v) is 11.3. The van der Waals surface area contributed by atoms with Gasteiger partial charge in [-0.1, -0.05) is 60.1 Å². The first-order chi connectivity index (χ1) is 14.9. The Kier molecular flexibility index (Phi) is 4.03. The summed E-state index contributed by atoms with van der Waals surface area (Å²) in [6, 6.07) is 16.4. The number of allylic oxidation sites excluding steroid dienone is 1. The van der Waals surface area contributed by atoms with E-state index < -0.39 is 0 Å². The van der Waals surface area contributed by atoms with Gasteiger partial charge in [0.05, 0.1) is 6.04 Å². The number of rotatable bonds is 1. The van der Waals surface area contributed by atoms with Gasteiger partial charge in [-0.3, -0.25) is 4.79 Å². The number of hydrogen-bond donors (Lipinski definition) is 1. The highest BCUT2D eigenvalue weighted by atomic mass is 79.9. The van der Waals surface area contributed by atoms with Gasteiger partial charge in [-0.05, 0) is 51.9 Å². The van der Waals surface area contributed by atoms with E-state index in [2.05, 4.69) is 71.5 Å². The Morgan fingerprint density at radius 2 is 1.81 bits per heavy atom. The van der Waals surface area contributed by atoms with Crippen LogP contribution in [0.4, 0.5) is 5.69 Å². The van der Waals surface area contributed by atoms with E-state index in [-0.39, 0.29) is 24.0 Å². The molecule has 31 heavy (non-hydrogen) atoms. The molecule has 0 radical (unpaired) electrons. The SMILES string of the molecule is CC1(C)CC(=O)C2=C(C1)c1c(ccc3ccccc13)NC2c1cc2c(cc1Br)OCO2. The zero-order chi connectivity index (χ0) is 21.3. The number of ether oxygens (including phenoxy) is 2. The fraction of sp³-hybridized carbons (Fsp3) is 0.269. The van der Waals surface area contributed by atoms with E-state index in [0.717, 1.165) is 39.2 Å². The first kappa shape index (κ1) is 18.9. The second-order valence-corrected chi connectivity index (χ2v) is 10.2. The maximum atomic E-state index is 13.5. The van der Waals surface area contributed by atoms with Gasteiger partial charge in [0.25, 0.3) is 0 Å². The summed E-state index contributed by atoms with van der Waals surface area (Å²) >= 11 is 3.71. The van der Waals surface area contributed by atoms with Gasteiger partial charge in [0.15, 0.2) is 17.3 Å². The molecule has 1 unspecified atom stereocenters. The predicted molar refractivity (Wildman–Crippen MR) is 126 cm³/mol. The van der Waals surface area contributed by atoms with Crippen LogP contribution in [0.1, 0.15) is 43.9 Å². The van der Waals surface area contributed by atoms with Crippen molar-refractivity contribution >= 4 is 43.7 Å². The van der Waals surface area contributed by atoms with Crippen molar-refractivity contribution in [1.82, 2.24) is 0 Å². The van der Waals surface area contributed by atoms with Gasteiger partial charge in [0, 0.05) is 27.7 Å². The van der Waals surface area contributed by atoms with Gasteiger partial charge < -0.3 is 14.8 Å². The molecule has 0 aromatic heterocycles. The van der Waals surface area contributed by atoms with E-state index >= 15 is 0 Å². The Morgan fingerprint density at radius 1 is 1.03 bits per heavy atom. The number of halogens is 1. The molecule has 0 spiro atoms. The maximum Gasteiger partial charge on any atom is 0.231 e. The van der Waals surface area contributed by atoms with Gasteiger partial charge in [0.2, 0.25) is 6.79 Å². The Morgan fingerprint density at radius 3 is 2.65 bits per heavy atom. The van der Waals surface area contributed by atoms with Gasteiger partial charge in [0.1, 0.15) is 0 Å². The summed E-state index contributed by atoms with van der Waals surface area (Å²) in [4.78, 5) is 13.5. The fourth-order valence-electron chi connectivity index (χ4n) is 5.22. The molecular formula is C26H22BrNO3. The molecule has 0 saturated carbocycles. The van der Waals surface area contributed by atoms with Crippen LogP contribution in [0.5, 0.6) is 11.5 Å². The number of anilines is 1. The lowest BCUT2D eigenvalue weighted by Crippen LogP contribution is -2.33. The molecule has 1 aliphatic carbocycles. The Balaban J connectivity index is 1.62. The van der Waals surface area contributed by atoms with E-state index in [0.29, 0.717) is 6.42 Å². The predicted octanol–water partition coefficient (Wildman–Crippen LogP) is 6.64. The van der Waals surface area contributed by atoms with E-state index in [1.165, 1.54) is 21.9 Å². The molecule has 3 aromatic carbocycles. The molecule has 156 valence electrons. The first-order valence-electron chi connectivity index (χ1n) is 10.6. The number of carbonyl (C=O) groups excluding carboxylic acids is 1. The van der Waals surface area contributed by atoms with Crippen molar-refractivity contribution in [3.05, 3.63) is 69.7 Å². The Bertz CT molecular complexity index is 1310. The van der Waals surface area contributed by atoms with Crippen molar-refractivity contribution in [2.75, 3.05) is 12.1 Å². The number of ketones is 1. The smallest absolute Gasteiger partial charge is 0.231 e. The van der Waals surface area contributed by atoms with Gasteiger partial charge in [-0.2, -0.15) is 0 Å². The molecule has 4 nitrogen and oxygen atoms in total. The minimum atomic E-state index is -0.240. The second kappa shape index (κ2) is 6.60. The molecule has 3 aliphatic rings. The van der Waals surface area contributed by atoms with Crippen molar-refractivity contribution < 1.29 is 14.3 Å². The van der Waals surface area contributed by atoms with Crippen LogP contribution in [0.25, 0.3) is 16.3 Å². The number of fused-ring (bicyclic) bond motifs is 5. The Labute approximate surface area is 189 Å². The summed E-state index contributed by atoms with van der Waals surface area (Å²) in [6.45, 7) is 4.60. The van der Waals surface area contributed by atoms with E-state index in [1.807, 2.05) is 12.1 Å². The molecule has 0 amide bonds. The molecule has 0 bridgehead atoms. The van der Waals surface area contributed by atoms with Gasteiger partial charge in [-0.25, -0.2) is 0 Å². The van der Waals surface area contributed by atoms with Crippen molar-refractivity contribution in [2.45, 2.75) is 32.7 Å². The van der Waals surface area contributed by atoms with Crippen LogP contribution >= 0.6 is 15.9 Å². The molecule has 3 aromatic rings. The zero-order valence-corrected chi connectivity index (χ0v) is 19.0. The standard InChI is InChI=1S/C26H22BrNO3/c1-26(2)11-17-23-15-6-4-3-5-14(15)7-8-19(23)28-25(24(17)20(29)12-26)16-9-21-22(10-18(16)27)31-13-30-21/h3-10,25,28H,11-13H2,1-2H3. The summed E-state index contributed by atoms with van der Waals surface area (Å²) in [7, 11) is 0. The van der Waals surface area contributed by atoms with E-state index in [4.69, 9.17) is 9.47 Å². The van der Waals surface area contributed by atoms with Crippen LogP contribution in [0.2, 0.25) is 0 Å². The molecular weight excluding hydrogens is 454 g/mol. The van der Waals surface area contributed by atoms with Crippen LogP contribution in [0.15, 0.2) is 58.6 Å². The topological polar surface area (TPSA) is 47.6 Å². The van der Waals surface area contributed by atoms with Crippen LogP contribution in [0.3, 0.4) is 0 Å². The number of benzene rings is 3. The minimum absolute atomic E-state index is 0.0713.